The first-order valence-corrected chi connectivity index (χ1v) is 9.79. The molecule has 2 N–H and O–H groups in total. The number of para-hydroxylation sites is 1. The first-order valence-electron chi connectivity index (χ1n) is 8.81. The van der Waals surface area contributed by atoms with E-state index in [2.05, 4.69) is 10.6 Å². The highest BCUT2D eigenvalue weighted by Crippen LogP contribution is 2.22. The highest BCUT2D eigenvalue weighted by Gasteiger charge is 2.05. The van der Waals surface area contributed by atoms with Crippen molar-refractivity contribution in [1.29, 1.82) is 0 Å². The molecular formula is C23H20N2O2S. The molecule has 0 spiro atoms. The number of benzene rings is 3. The number of amides is 2. The summed E-state index contributed by atoms with van der Waals surface area (Å²) in [5.41, 5.74) is 2.43. The van der Waals surface area contributed by atoms with Crippen molar-refractivity contribution in [3.05, 3.63) is 96.6 Å². The molecule has 4 nitrogen and oxygen atoms in total. The molecule has 0 aromatic heterocycles. The van der Waals surface area contributed by atoms with Gasteiger partial charge in [-0.3, -0.25) is 9.59 Å². The van der Waals surface area contributed by atoms with E-state index in [1.54, 1.807) is 6.08 Å². The zero-order chi connectivity index (χ0) is 19.6. The van der Waals surface area contributed by atoms with Crippen LogP contribution in [0.3, 0.4) is 0 Å². The highest BCUT2D eigenvalue weighted by atomic mass is 32.2. The van der Waals surface area contributed by atoms with E-state index in [0.717, 1.165) is 16.1 Å². The van der Waals surface area contributed by atoms with Gasteiger partial charge in [-0.05, 0) is 42.0 Å². The molecule has 0 aliphatic heterocycles. The summed E-state index contributed by atoms with van der Waals surface area (Å²) in [6.07, 6.45) is 3.27. The van der Waals surface area contributed by atoms with E-state index in [1.807, 2.05) is 84.9 Å². The van der Waals surface area contributed by atoms with E-state index in [1.165, 1.54) is 17.8 Å². The Morgan fingerprint density at radius 1 is 0.786 bits per heavy atom. The van der Waals surface area contributed by atoms with Crippen LogP contribution in [0.1, 0.15) is 5.56 Å². The number of thioether (sulfide) groups is 1. The smallest absolute Gasteiger partial charge is 0.248 e. The summed E-state index contributed by atoms with van der Waals surface area (Å²) >= 11 is 1.42. The molecule has 0 heterocycles. The first-order chi connectivity index (χ1) is 13.7. The average Bonchev–Trinajstić information content (AvgIpc) is 2.73. The first kappa shape index (κ1) is 19.5. The molecule has 5 heteroatoms. The maximum atomic E-state index is 12.1. The molecule has 0 bridgehead atoms. The van der Waals surface area contributed by atoms with Crippen molar-refractivity contribution in [2.24, 2.45) is 0 Å². The van der Waals surface area contributed by atoms with Gasteiger partial charge in [-0.15, -0.1) is 11.8 Å². The summed E-state index contributed by atoms with van der Waals surface area (Å²) in [6.45, 7) is 0. The van der Waals surface area contributed by atoms with Crippen LogP contribution < -0.4 is 10.6 Å². The predicted molar refractivity (Wildman–Crippen MR) is 116 cm³/mol. The number of rotatable bonds is 7. The Morgan fingerprint density at radius 3 is 2.21 bits per heavy atom. The Labute approximate surface area is 168 Å². The molecule has 0 saturated carbocycles. The zero-order valence-corrected chi connectivity index (χ0v) is 16.0. The number of anilines is 2. The van der Waals surface area contributed by atoms with E-state index >= 15 is 0 Å². The molecule has 0 fully saturated rings. The second-order valence-corrected chi connectivity index (χ2v) is 7.01. The Kier molecular flexibility index (Phi) is 7.04. The Hall–Kier alpha value is -3.31. The third-order valence-electron chi connectivity index (χ3n) is 3.76. The largest absolute Gasteiger partial charge is 0.325 e. The van der Waals surface area contributed by atoms with Crippen LogP contribution in [0.2, 0.25) is 0 Å². The van der Waals surface area contributed by atoms with Crippen molar-refractivity contribution in [3.63, 3.8) is 0 Å². The molecule has 0 atom stereocenters. The molecule has 3 rings (SSSR count). The van der Waals surface area contributed by atoms with E-state index < -0.39 is 0 Å². The Balaban J connectivity index is 1.51. The molecule has 0 unspecified atom stereocenters. The normalized spacial score (nSPS) is 10.6. The van der Waals surface area contributed by atoms with Crippen LogP contribution in [0.15, 0.2) is 95.9 Å². The van der Waals surface area contributed by atoms with E-state index in [-0.39, 0.29) is 11.8 Å². The van der Waals surface area contributed by atoms with Gasteiger partial charge in [0.25, 0.3) is 0 Å². The predicted octanol–water partition coefficient (Wildman–Crippen LogP) is 5.07. The SMILES string of the molecule is O=C(/C=C/c1ccccc1)Nc1cccc(SCC(=O)Nc2ccccc2)c1. The molecular weight excluding hydrogens is 368 g/mol. The minimum Gasteiger partial charge on any atom is -0.325 e. The van der Waals surface area contributed by atoms with Crippen molar-refractivity contribution >= 4 is 41.0 Å². The van der Waals surface area contributed by atoms with Crippen LogP contribution in [-0.2, 0) is 9.59 Å². The molecule has 3 aromatic rings. The van der Waals surface area contributed by atoms with Crippen molar-refractivity contribution in [2.45, 2.75) is 4.90 Å². The maximum absolute atomic E-state index is 12.1. The summed E-state index contributed by atoms with van der Waals surface area (Å²) in [6, 6.07) is 26.4. The molecule has 0 aliphatic carbocycles. The molecule has 140 valence electrons. The molecule has 0 saturated heterocycles. The second kappa shape index (κ2) is 10.1. The van der Waals surface area contributed by atoms with Gasteiger partial charge in [0, 0.05) is 22.3 Å². The summed E-state index contributed by atoms with van der Waals surface area (Å²) in [7, 11) is 0. The Morgan fingerprint density at radius 2 is 1.46 bits per heavy atom. The Bertz CT molecular complexity index is 957. The number of carbonyl (C=O) groups is 2. The zero-order valence-electron chi connectivity index (χ0n) is 15.2. The lowest BCUT2D eigenvalue weighted by Gasteiger charge is -2.07. The van der Waals surface area contributed by atoms with E-state index in [0.29, 0.717) is 11.4 Å². The number of nitrogens with one attached hydrogen (secondary N) is 2. The fraction of sp³-hybridized carbons (Fsp3) is 0.0435. The standard InChI is InChI=1S/C23H20N2O2S/c26-22(15-14-18-8-3-1-4-9-18)25-20-12-7-13-21(16-20)28-17-23(27)24-19-10-5-2-6-11-19/h1-16H,17H2,(H,24,27)(H,25,26)/b15-14+. The monoisotopic (exact) mass is 388 g/mol. The molecule has 2 amide bonds. The lowest BCUT2D eigenvalue weighted by Crippen LogP contribution is -2.13. The van der Waals surface area contributed by atoms with Crippen LogP contribution >= 0.6 is 11.8 Å². The van der Waals surface area contributed by atoms with Crippen LogP contribution in [0.25, 0.3) is 6.08 Å². The van der Waals surface area contributed by atoms with Crippen molar-refractivity contribution in [2.75, 3.05) is 16.4 Å². The van der Waals surface area contributed by atoms with Gasteiger partial charge in [0.15, 0.2) is 0 Å². The maximum Gasteiger partial charge on any atom is 0.248 e. The number of hydrogen-bond donors (Lipinski definition) is 2. The summed E-state index contributed by atoms with van der Waals surface area (Å²) < 4.78 is 0. The van der Waals surface area contributed by atoms with Gasteiger partial charge in [0.2, 0.25) is 11.8 Å². The van der Waals surface area contributed by atoms with Gasteiger partial charge >= 0.3 is 0 Å². The molecule has 3 aromatic carbocycles. The molecule has 0 radical (unpaired) electrons. The number of hydrogen-bond acceptors (Lipinski definition) is 3. The minimum absolute atomic E-state index is 0.0727. The van der Waals surface area contributed by atoms with Crippen LogP contribution in [0.5, 0.6) is 0 Å². The quantitative estimate of drug-likeness (QED) is 0.439. The van der Waals surface area contributed by atoms with Crippen LogP contribution in [0, 0.1) is 0 Å². The summed E-state index contributed by atoms with van der Waals surface area (Å²) in [4.78, 5) is 25.1. The fourth-order valence-electron chi connectivity index (χ4n) is 2.45. The summed E-state index contributed by atoms with van der Waals surface area (Å²) in [5, 5.41) is 5.69. The van der Waals surface area contributed by atoms with Gasteiger partial charge in [-0.25, -0.2) is 0 Å². The topological polar surface area (TPSA) is 58.2 Å². The summed E-state index contributed by atoms with van der Waals surface area (Å²) in [5.74, 6) is 0.0180. The number of carbonyl (C=O) groups excluding carboxylic acids is 2. The van der Waals surface area contributed by atoms with Crippen molar-refractivity contribution < 1.29 is 9.59 Å². The fourth-order valence-corrected chi connectivity index (χ4v) is 3.21. The van der Waals surface area contributed by atoms with Crippen molar-refractivity contribution in [3.8, 4) is 0 Å². The van der Waals surface area contributed by atoms with Gasteiger partial charge in [0.1, 0.15) is 0 Å². The van der Waals surface area contributed by atoms with Crippen molar-refractivity contribution in [1.82, 2.24) is 0 Å². The van der Waals surface area contributed by atoms with E-state index in [4.69, 9.17) is 0 Å². The van der Waals surface area contributed by atoms with Gasteiger partial charge in [-0.1, -0.05) is 54.6 Å². The lowest BCUT2D eigenvalue weighted by atomic mass is 10.2. The third kappa shape index (κ3) is 6.45. The molecule has 0 aliphatic rings. The van der Waals surface area contributed by atoms with Gasteiger partial charge < -0.3 is 10.6 Å². The lowest BCUT2D eigenvalue weighted by molar-refractivity contribution is -0.114. The second-order valence-electron chi connectivity index (χ2n) is 5.96. The van der Waals surface area contributed by atoms with Crippen LogP contribution in [0.4, 0.5) is 11.4 Å². The average molecular weight is 388 g/mol. The van der Waals surface area contributed by atoms with Crippen LogP contribution in [-0.4, -0.2) is 17.6 Å². The molecule has 28 heavy (non-hydrogen) atoms. The minimum atomic E-state index is -0.201. The van der Waals surface area contributed by atoms with Gasteiger partial charge in [-0.2, -0.15) is 0 Å². The third-order valence-corrected chi connectivity index (χ3v) is 4.75. The van der Waals surface area contributed by atoms with Gasteiger partial charge in [0.05, 0.1) is 5.75 Å². The van der Waals surface area contributed by atoms with E-state index in [9.17, 15) is 9.59 Å². The highest BCUT2D eigenvalue weighted by molar-refractivity contribution is 8.00.